The van der Waals surface area contributed by atoms with Gasteiger partial charge in [0.2, 0.25) is 0 Å². The van der Waals surface area contributed by atoms with E-state index < -0.39 is 0 Å². The summed E-state index contributed by atoms with van der Waals surface area (Å²) in [5.41, 5.74) is 3.77. The number of hydrogen-bond donors (Lipinski definition) is 1. The molecule has 0 unspecified atom stereocenters. The van der Waals surface area contributed by atoms with Crippen molar-refractivity contribution in [1.82, 2.24) is 0 Å². The van der Waals surface area contributed by atoms with Crippen LogP contribution in [0.3, 0.4) is 0 Å². The molecule has 1 aliphatic rings. The molecule has 0 saturated carbocycles. The van der Waals surface area contributed by atoms with Crippen molar-refractivity contribution >= 4 is 56.4 Å². The van der Waals surface area contributed by atoms with Gasteiger partial charge in [-0.1, -0.05) is 23.7 Å². The van der Waals surface area contributed by atoms with Crippen molar-refractivity contribution in [3.63, 3.8) is 0 Å². The van der Waals surface area contributed by atoms with Crippen LogP contribution in [0.1, 0.15) is 5.56 Å². The van der Waals surface area contributed by atoms with Gasteiger partial charge >= 0.3 is 0 Å². The third-order valence-electron chi connectivity index (χ3n) is 2.60. The molecule has 0 aromatic heterocycles. The zero-order valence-corrected chi connectivity index (χ0v) is 11.7. The number of halogens is 2. The summed E-state index contributed by atoms with van der Waals surface area (Å²) >= 11 is 8.50. The summed E-state index contributed by atoms with van der Waals surface area (Å²) in [6.45, 7) is 0. The highest BCUT2D eigenvalue weighted by Crippen LogP contribution is 2.35. The molecule has 1 aliphatic heterocycles. The van der Waals surface area contributed by atoms with Crippen LogP contribution in [0.15, 0.2) is 47.5 Å². The lowest BCUT2D eigenvalue weighted by Gasteiger charge is -2.08. The number of hydrogen-bond acceptors (Lipinski definition) is 2. The van der Waals surface area contributed by atoms with E-state index in [1.165, 1.54) is 0 Å². The topological polar surface area (TPSA) is 24.4 Å². The van der Waals surface area contributed by atoms with Gasteiger partial charge in [0.1, 0.15) is 5.17 Å². The van der Waals surface area contributed by atoms with E-state index in [2.05, 4.69) is 32.9 Å². The predicted octanol–water partition coefficient (Wildman–Crippen LogP) is 4.67. The molecule has 17 heavy (non-hydrogen) atoms. The monoisotopic (exact) mass is 354 g/mol. The Morgan fingerprint density at radius 3 is 2.76 bits per heavy atom. The van der Waals surface area contributed by atoms with Gasteiger partial charge in [0, 0.05) is 14.8 Å². The Bertz CT molecular complexity index is 623. The van der Waals surface area contributed by atoms with Crippen molar-refractivity contribution in [2.24, 2.45) is 4.99 Å². The Labute approximate surface area is 118 Å². The zero-order valence-electron chi connectivity index (χ0n) is 8.74. The molecule has 0 atom stereocenters. The summed E-state index contributed by atoms with van der Waals surface area (Å²) in [6, 6.07) is 14.0. The Balaban J connectivity index is 2.24. The van der Waals surface area contributed by atoms with E-state index in [9.17, 15) is 0 Å². The molecular formula is C13H8ClIN2. The molecular weight excluding hydrogens is 347 g/mol. The van der Waals surface area contributed by atoms with Crippen LogP contribution >= 0.6 is 34.2 Å². The van der Waals surface area contributed by atoms with E-state index in [1.807, 2.05) is 42.5 Å². The van der Waals surface area contributed by atoms with Gasteiger partial charge in [0.25, 0.3) is 0 Å². The van der Waals surface area contributed by atoms with Gasteiger partial charge in [-0.3, -0.25) is 0 Å². The first-order chi connectivity index (χ1) is 8.24. The van der Waals surface area contributed by atoms with Crippen LogP contribution in [-0.2, 0) is 0 Å². The number of anilines is 2. The molecule has 0 bridgehead atoms. The van der Waals surface area contributed by atoms with Gasteiger partial charge in [-0.25, -0.2) is 4.99 Å². The highest BCUT2D eigenvalue weighted by Gasteiger charge is 2.14. The summed E-state index contributed by atoms with van der Waals surface area (Å²) in [7, 11) is 0. The maximum atomic E-state index is 6.24. The average Bonchev–Trinajstić information content (AvgIpc) is 2.46. The molecule has 4 heteroatoms. The van der Waals surface area contributed by atoms with Crippen LogP contribution in [0.25, 0.3) is 0 Å². The minimum Gasteiger partial charge on any atom is -0.353 e. The molecule has 0 amide bonds. The van der Waals surface area contributed by atoms with E-state index >= 15 is 0 Å². The van der Waals surface area contributed by atoms with E-state index in [4.69, 9.17) is 11.6 Å². The average molecular weight is 355 g/mol. The Kier molecular flexibility index (Phi) is 2.80. The summed E-state index contributed by atoms with van der Waals surface area (Å²) in [6.07, 6.45) is 0. The van der Waals surface area contributed by atoms with Crippen molar-refractivity contribution in [3.05, 3.63) is 51.6 Å². The molecule has 0 saturated heterocycles. The SMILES string of the molecule is ClC1=Nc2cc(I)ccc2Nc2ccccc21. The second-order valence-corrected chi connectivity index (χ2v) is 5.34. The standard InChI is InChI=1S/C13H8ClIN2/c14-13-9-3-1-2-4-10(9)16-11-6-5-8(15)7-12(11)17-13/h1-7,16H. The van der Waals surface area contributed by atoms with Crippen molar-refractivity contribution < 1.29 is 0 Å². The zero-order chi connectivity index (χ0) is 11.8. The predicted molar refractivity (Wildman–Crippen MR) is 80.9 cm³/mol. The van der Waals surface area contributed by atoms with Gasteiger partial charge in [0.05, 0.1) is 11.4 Å². The van der Waals surface area contributed by atoms with Gasteiger partial charge in [0.15, 0.2) is 0 Å². The second-order valence-electron chi connectivity index (χ2n) is 3.73. The fraction of sp³-hybridized carbons (Fsp3) is 0. The number of fused-ring (bicyclic) bond motifs is 2. The minimum atomic E-state index is 0.522. The summed E-state index contributed by atoms with van der Waals surface area (Å²) in [4.78, 5) is 4.46. The van der Waals surface area contributed by atoms with Gasteiger partial charge in [-0.15, -0.1) is 0 Å². The lowest BCUT2D eigenvalue weighted by atomic mass is 10.2. The van der Waals surface area contributed by atoms with E-state index in [0.717, 1.165) is 26.2 Å². The van der Waals surface area contributed by atoms with Gasteiger partial charge in [-0.2, -0.15) is 0 Å². The first-order valence-electron chi connectivity index (χ1n) is 5.14. The highest BCUT2D eigenvalue weighted by atomic mass is 127. The third kappa shape index (κ3) is 2.05. The van der Waals surface area contributed by atoms with Crippen molar-refractivity contribution in [1.29, 1.82) is 0 Å². The fourth-order valence-corrected chi connectivity index (χ4v) is 2.52. The van der Waals surface area contributed by atoms with Crippen LogP contribution < -0.4 is 5.32 Å². The maximum absolute atomic E-state index is 6.24. The number of benzene rings is 2. The molecule has 2 aromatic rings. The molecule has 3 rings (SSSR count). The molecule has 2 aromatic carbocycles. The normalized spacial score (nSPS) is 12.9. The van der Waals surface area contributed by atoms with Crippen molar-refractivity contribution in [2.75, 3.05) is 5.32 Å². The fourth-order valence-electron chi connectivity index (χ4n) is 1.79. The lowest BCUT2D eigenvalue weighted by Crippen LogP contribution is -1.95. The molecule has 0 spiro atoms. The first-order valence-corrected chi connectivity index (χ1v) is 6.60. The second kappa shape index (κ2) is 4.31. The van der Waals surface area contributed by atoms with Crippen LogP contribution in [0.5, 0.6) is 0 Å². The Morgan fingerprint density at radius 1 is 1.06 bits per heavy atom. The molecule has 2 nitrogen and oxygen atoms in total. The molecule has 0 aliphatic carbocycles. The lowest BCUT2D eigenvalue weighted by molar-refractivity contribution is 1.49. The quantitative estimate of drug-likeness (QED) is 0.683. The minimum absolute atomic E-state index is 0.522. The summed E-state index contributed by atoms with van der Waals surface area (Å²) in [5.74, 6) is 0. The Hall–Kier alpha value is -1.07. The van der Waals surface area contributed by atoms with Gasteiger partial charge < -0.3 is 5.32 Å². The van der Waals surface area contributed by atoms with E-state index in [1.54, 1.807) is 0 Å². The smallest absolute Gasteiger partial charge is 0.139 e. The molecule has 1 heterocycles. The molecule has 1 N–H and O–H groups in total. The number of rotatable bonds is 0. The van der Waals surface area contributed by atoms with Gasteiger partial charge in [-0.05, 0) is 52.9 Å². The van der Waals surface area contributed by atoms with Crippen LogP contribution in [-0.4, -0.2) is 5.17 Å². The Morgan fingerprint density at radius 2 is 1.88 bits per heavy atom. The van der Waals surface area contributed by atoms with Crippen LogP contribution in [0, 0.1) is 3.57 Å². The molecule has 84 valence electrons. The highest BCUT2D eigenvalue weighted by molar-refractivity contribution is 14.1. The first kappa shape index (κ1) is 11.0. The molecule has 0 radical (unpaired) electrons. The van der Waals surface area contributed by atoms with E-state index in [-0.39, 0.29) is 0 Å². The van der Waals surface area contributed by atoms with Crippen molar-refractivity contribution in [2.45, 2.75) is 0 Å². The maximum Gasteiger partial charge on any atom is 0.139 e. The summed E-state index contributed by atoms with van der Waals surface area (Å²) in [5, 5.41) is 3.88. The summed E-state index contributed by atoms with van der Waals surface area (Å²) < 4.78 is 1.14. The number of para-hydroxylation sites is 1. The number of nitrogens with one attached hydrogen (secondary N) is 1. The van der Waals surface area contributed by atoms with E-state index in [0.29, 0.717) is 5.17 Å². The number of aliphatic imine (C=N–C) groups is 1. The number of nitrogens with zero attached hydrogens (tertiary/aromatic N) is 1. The molecule has 0 fully saturated rings. The largest absolute Gasteiger partial charge is 0.353 e. The van der Waals surface area contributed by atoms with Crippen LogP contribution in [0.2, 0.25) is 0 Å². The van der Waals surface area contributed by atoms with Crippen LogP contribution in [0.4, 0.5) is 17.1 Å². The van der Waals surface area contributed by atoms with Crippen molar-refractivity contribution in [3.8, 4) is 0 Å². The third-order valence-corrected chi connectivity index (χ3v) is 3.56.